The fourth-order valence-corrected chi connectivity index (χ4v) is 3.47. The average Bonchev–Trinajstić information content (AvgIpc) is 3.22. The van der Waals surface area contributed by atoms with Crippen LogP contribution in [0, 0.1) is 0 Å². The van der Waals surface area contributed by atoms with Gasteiger partial charge in [0.15, 0.2) is 0 Å². The first-order valence-electron chi connectivity index (χ1n) is 8.86. The van der Waals surface area contributed by atoms with Crippen molar-refractivity contribution in [2.45, 2.75) is 18.4 Å². The smallest absolute Gasteiger partial charge is 0.250 e. The number of rotatable bonds is 6. The molecule has 6 nitrogen and oxygen atoms in total. The molecule has 0 bridgehead atoms. The zero-order valence-corrected chi connectivity index (χ0v) is 17.5. The number of amides is 1. The van der Waals surface area contributed by atoms with E-state index in [9.17, 15) is 4.79 Å². The molecule has 150 valence electrons. The molecule has 1 aliphatic rings. The van der Waals surface area contributed by atoms with Crippen molar-refractivity contribution in [3.05, 3.63) is 48.8 Å². The van der Waals surface area contributed by atoms with E-state index in [2.05, 4.69) is 34.5 Å². The molecule has 1 aromatic carbocycles. The molecule has 1 aromatic heterocycles. The molecule has 27 heavy (non-hydrogen) atoms. The summed E-state index contributed by atoms with van der Waals surface area (Å²) < 4.78 is 1.85. The summed E-state index contributed by atoms with van der Waals surface area (Å²) in [5.41, 5.74) is 0.599. The van der Waals surface area contributed by atoms with E-state index in [1.54, 1.807) is 6.20 Å². The Kier molecular flexibility index (Phi) is 9.09. The molecule has 0 atom stereocenters. The van der Waals surface area contributed by atoms with Crippen LogP contribution < -0.4 is 10.2 Å². The maximum atomic E-state index is 13.3. The highest BCUT2D eigenvalue weighted by Crippen LogP contribution is 2.29. The number of para-hydroxylation sites is 1. The Morgan fingerprint density at radius 1 is 1.11 bits per heavy atom. The highest BCUT2D eigenvalue weighted by Gasteiger charge is 2.43. The van der Waals surface area contributed by atoms with E-state index in [4.69, 9.17) is 0 Å². The van der Waals surface area contributed by atoms with Gasteiger partial charge in [0, 0.05) is 45.3 Å². The summed E-state index contributed by atoms with van der Waals surface area (Å²) in [5, 5.41) is 7.74. The van der Waals surface area contributed by atoms with E-state index in [0.29, 0.717) is 6.54 Å². The second-order valence-electron chi connectivity index (χ2n) is 6.72. The first-order chi connectivity index (χ1) is 12.1. The highest BCUT2D eigenvalue weighted by atomic mass is 35.5. The van der Waals surface area contributed by atoms with Crippen LogP contribution in [0.15, 0.2) is 48.8 Å². The van der Waals surface area contributed by atoms with Crippen molar-refractivity contribution < 1.29 is 4.79 Å². The van der Waals surface area contributed by atoms with Crippen molar-refractivity contribution in [2.24, 2.45) is 0 Å². The predicted octanol–water partition coefficient (Wildman–Crippen LogP) is 2.40. The van der Waals surface area contributed by atoms with Crippen LogP contribution >= 0.6 is 24.8 Å². The van der Waals surface area contributed by atoms with Crippen LogP contribution in [0.25, 0.3) is 0 Å². The fourth-order valence-electron chi connectivity index (χ4n) is 3.47. The average molecular weight is 414 g/mol. The molecule has 0 aliphatic carbocycles. The van der Waals surface area contributed by atoms with Crippen molar-refractivity contribution in [3.63, 3.8) is 0 Å². The molecule has 3 rings (SSSR count). The standard InChI is InChI=1S/C19H27N5O.2ClH/c1-22(17-7-4-3-5-8-17)15-16-23(2)18(25)19(9-12-20-13-10-19)24-14-6-11-21-24;;/h3-8,11,14,20H,9-10,12-13,15-16H2,1-2H3;2*1H. The SMILES string of the molecule is CN(CCN(C)c1ccccc1)C(=O)C1(n2cccn2)CCNCC1.Cl.Cl. The number of anilines is 1. The van der Waals surface area contributed by atoms with Gasteiger partial charge in [-0.05, 0) is 44.1 Å². The van der Waals surface area contributed by atoms with Gasteiger partial charge in [0.05, 0.1) is 0 Å². The lowest BCUT2D eigenvalue weighted by molar-refractivity contribution is -0.141. The zero-order chi connectivity index (χ0) is 17.7. The normalized spacial score (nSPS) is 15.2. The molecule has 1 saturated heterocycles. The third-order valence-corrected chi connectivity index (χ3v) is 5.09. The summed E-state index contributed by atoms with van der Waals surface area (Å²) in [6.07, 6.45) is 5.20. The summed E-state index contributed by atoms with van der Waals surface area (Å²) >= 11 is 0. The van der Waals surface area contributed by atoms with Crippen LogP contribution in [0.1, 0.15) is 12.8 Å². The van der Waals surface area contributed by atoms with Gasteiger partial charge in [0.1, 0.15) is 5.54 Å². The van der Waals surface area contributed by atoms with Crippen LogP contribution in [0.4, 0.5) is 5.69 Å². The van der Waals surface area contributed by atoms with E-state index in [1.165, 1.54) is 0 Å². The first-order valence-corrected chi connectivity index (χ1v) is 8.86. The number of hydrogen-bond acceptors (Lipinski definition) is 4. The van der Waals surface area contributed by atoms with Crippen molar-refractivity contribution in [2.75, 3.05) is 45.2 Å². The molecule has 1 fully saturated rings. The molecular formula is C19H29Cl2N5O. The number of nitrogens with zero attached hydrogens (tertiary/aromatic N) is 4. The lowest BCUT2D eigenvalue weighted by atomic mass is 9.87. The molecule has 2 heterocycles. The lowest BCUT2D eigenvalue weighted by Crippen LogP contribution is -2.55. The minimum absolute atomic E-state index is 0. The summed E-state index contributed by atoms with van der Waals surface area (Å²) in [4.78, 5) is 17.3. The molecule has 0 spiro atoms. The van der Waals surface area contributed by atoms with Crippen molar-refractivity contribution in [1.82, 2.24) is 20.0 Å². The Bertz CT molecular complexity index is 675. The van der Waals surface area contributed by atoms with Gasteiger partial charge < -0.3 is 15.1 Å². The van der Waals surface area contributed by atoms with Gasteiger partial charge >= 0.3 is 0 Å². The number of piperidine rings is 1. The Hall–Kier alpha value is -1.76. The van der Waals surface area contributed by atoms with Crippen LogP contribution in [0.3, 0.4) is 0 Å². The van der Waals surface area contributed by atoms with E-state index in [-0.39, 0.29) is 30.7 Å². The number of aromatic nitrogens is 2. The maximum Gasteiger partial charge on any atom is 0.250 e. The van der Waals surface area contributed by atoms with Crippen molar-refractivity contribution in [1.29, 1.82) is 0 Å². The van der Waals surface area contributed by atoms with Gasteiger partial charge in [-0.1, -0.05) is 18.2 Å². The van der Waals surface area contributed by atoms with Crippen molar-refractivity contribution >= 4 is 36.4 Å². The number of benzene rings is 1. The molecular weight excluding hydrogens is 385 g/mol. The van der Waals surface area contributed by atoms with Gasteiger partial charge in [-0.2, -0.15) is 5.10 Å². The first kappa shape index (κ1) is 23.3. The Labute approximate surface area is 173 Å². The largest absolute Gasteiger partial charge is 0.373 e. The fraction of sp³-hybridized carbons (Fsp3) is 0.474. The summed E-state index contributed by atoms with van der Waals surface area (Å²) in [6.45, 7) is 3.15. The van der Waals surface area contributed by atoms with Gasteiger partial charge in [-0.15, -0.1) is 24.8 Å². The van der Waals surface area contributed by atoms with Crippen LogP contribution in [-0.4, -0.2) is 60.9 Å². The third kappa shape index (κ3) is 5.15. The van der Waals surface area contributed by atoms with E-state index >= 15 is 0 Å². The number of nitrogens with one attached hydrogen (secondary N) is 1. The quantitative estimate of drug-likeness (QED) is 0.789. The molecule has 0 saturated carbocycles. The highest BCUT2D eigenvalue weighted by molar-refractivity contribution is 5.85. The van der Waals surface area contributed by atoms with E-state index in [1.807, 2.05) is 47.1 Å². The molecule has 0 unspecified atom stereocenters. The second kappa shape index (κ2) is 10.5. The predicted molar refractivity (Wildman–Crippen MR) is 114 cm³/mol. The molecule has 1 amide bonds. The maximum absolute atomic E-state index is 13.3. The molecule has 1 N–H and O–H groups in total. The van der Waals surface area contributed by atoms with E-state index in [0.717, 1.165) is 38.2 Å². The molecule has 1 aliphatic heterocycles. The summed E-state index contributed by atoms with van der Waals surface area (Å²) in [6, 6.07) is 12.1. The van der Waals surface area contributed by atoms with Crippen LogP contribution in [0.5, 0.6) is 0 Å². The van der Waals surface area contributed by atoms with Gasteiger partial charge in [0.25, 0.3) is 0 Å². The van der Waals surface area contributed by atoms with Gasteiger partial charge in [-0.25, -0.2) is 0 Å². The Morgan fingerprint density at radius 3 is 2.37 bits per heavy atom. The second-order valence-corrected chi connectivity index (χ2v) is 6.72. The van der Waals surface area contributed by atoms with E-state index < -0.39 is 5.54 Å². The molecule has 8 heteroatoms. The summed E-state index contributed by atoms with van der Waals surface area (Å²) in [7, 11) is 3.95. The Morgan fingerprint density at radius 2 is 1.78 bits per heavy atom. The molecule has 0 radical (unpaired) electrons. The van der Waals surface area contributed by atoms with Gasteiger partial charge in [0.2, 0.25) is 5.91 Å². The van der Waals surface area contributed by atoms with Crippen molar-refractivity contribution in [3.8, 4) is 0 Å². The number of hydrogen-bond donors (Lipinski definition) is 1. The minimum atomic E-state index is -0.561. The number of halogens is 2. The number of carbonyl (C=O) groups excluding carboxylic acids is 1. The number of likely N-dealkylation sites (N-methyl/N-ethyl adjacent to an activating group) is 2. The number of carbonyl (C=O) groups is 1. The topological polar surface area (TPSA) is 53.4 Å². The minimum Gasteiger partial charge on any atom is -0.373 e. The Balaban J connectivity index is 0.00000182. The monoisotopic (exact) mass is 413 g/mol. The lowest BCUT2D eigenvalue weighted by Gasteiger charge is -2.39. The zero-order valence-electron chi connectivity index (χ0n) is 15.9. The van der Waals surface area contributed by atoms with Crippen LogP contribution in [-0.2, 0) is 10.3 Å². The van der Waals surface area contributed by atoms with Crippen LogP contribution in [0.2, 0.25) is 0 Å². The van der Waals surface area contributed by atoms with Gasteiger partial charge in [-0.3, -0.25) is 9.48 Å². The molecule has 2 aromatic rings. The summed E-state index contributed by atoms with van der Waals surface area (Å²) in [5.74, 6) is 0.152. The third-order valence-electron chi connectivity index (χ3n) is 5.09.